The van der Waals surface area contributed by atoms with Crippen LogP contribution in [0.4, 0.5) is 5.69 Å². The maximum Gasteiger partial charge on any atom is 0.264 e. The number of hydrogen-bond donors (Lipinski definition) is 1. The van der Waals surface area contributed by atoms with Crippen LogP contribution in [-0.2, 0) is 10.0 Å². The molecule has 3 rings (SSSR count). The largest absolute Gasteiger partial charge is 0.352 e. The molecule has 0 aromatic heterocycles. The van der Waals surface area contributed by atoms with Crippen molar-refractivity contribution in [3.8, 4) is 0 Å². The summed E-state index contributed by atoms with van der Waals surface area (Å²) in [7, 11) is -2.26. The van der Waals surface area contributed by atoms with Gasteiger partial charge in [-0.2, -0.15) is 0 Å². The molecular formula is C21H26ClN3O3S. The number of sulfonamides is 1. The van der Waals surface area contributed by atoms with Gasteiger partial charge in [0.1, 0.15) is 0 Å². The van der Waals surface area contributed by atoms with Crippen molar-refractivity contribution in [3.05, 3.63) is 59.1 Å². The van der Waals surface area contributed by atoms with Crippen LogP contribution in [-0.4, -0.2) is 52.5 Å². The molecule has 1 heterocycles. The number of anilines is 1. The Morgan fingerprint density at radius 1 is 1.14 bits per heavy atom. The van der Waals surface area contributed by atoms with E-state index in [-0.39, 0.29) is 21.4 Å². The molecule has 1 fully saturated rings. The van der Waals surface area contributed by atoms with Gasteiger partial charge in [-0.15, -0.1) is 0 Å². The average Bonchev–Trinajstić information content (AvgIpc) is 3.25. The van der Waals surface area contributed by atoms with Crippen LogP contribution < -0.4 is 9.62 Å². The minimum Gasteiger partial charge on any atom is -0.352 e. The molecule has 1 N–H and O–H groups in total. The lowest BCUT2D eigenvalue weighted by Crippen LogP contribution is -2.29. The van der Waals surface area contributed by atoms with Crippen molar-refractivity contribution >= 4 is 33.2 Å². The van der Waals surface area contributed by atoms with Crippen LogP contribution in [0.5, 0.6) is 0 Å². The summed E-state index contributed by atoms with van der Waals surface area (Å²) in [6, 6.07) is 12.8. The average molecular weight is 436 g/mol. The predicted molar refractivity (Wildman–Crippen MR) is 116 cm³/mol. The summed E-state index contributed by atoms with van der Waals surface area (Å²) in [5.41, 5.74) is 0.640. The van der Waals surface area contributed by atoms with Gasteiger partial charge in [0.25, 0.3) is 15.9 Å². The summed E-state index contributed by atoms with van der Waals surface area (Å²) in [6.07, 6.45) is 3.35. The molecular weight excluding hydrogens is 410 g/mol. The molecule has 1 aliphatic heterocycles. The summed E-state index contributed by atoms with van der Waals surface area (Å²) in [5, 5.41) is 3.17. The minimum atomic E-state index is -3.72. The summed E-state index contributed by atoms with van der Waals surface area (Å²) in [5.74, 6) is -0.302. The standard InChI is InChI=1S/C21H26ClN3O3S/c1-24(29(27,28)18-8-3-2-4-9-18)17-10-11-20(22)19(16-17)21(26)23-12-7-15-25-13-5-6-14-25/h2-4,8-11,16H,5-7,12-15H2,1H3,(H,23,26). The predicted octanol–water partition coefficient (Wildman–Crippen LogP) is 3.38. The van der Waals surface area contributed by atoms with Gasteiger partial charge in [0.15, 0.2) is 0 Å². The molecule has 8 heteroatoms. The number of carbonyl (C=O) groups is 1. The molecule has 156 valence electrons. The molecule has 1 saturated heterocycles. The fourth-order valence-electron chi connectivity index (χ4n) is 3.38. The number of halogens is 1. The second kappa shape index (κ2) is 9.61. The van der Waals surface area contributed by atoms with Gasteiger partial charge in [0.2, 0.25) is 0 Å². The Labute approximate surface area is 177 Å². The van der Waals surface area contributed by atoms with E-state index in [1.807, 2.05) is 0 Å². The van der Waals surface area contributed by atoms with Crippen LogP contribution in [0, 0.1) is 0 Å². The molecule has 0 saturated carbocycles. The number of benzene rings is 2. The van der Waals surface area contributed by atoms with Crippen molar-refractivity contribution in [1.29, 1.82) is 0 Å². The van der Waals surface area contributed by atoms with Gasteiger partial charge < -0.3 is 10.2 Å². The zero-order valence-electron chi connectivity index (χ0n) is 16.5. The van der Waals surface area contributed by atoms with Crippen LogP contribution in [0.25, 0.3) is 0 Å². The van der Waals surface area contributed by atoms with E-state index in [1.165, 1.54) is 38.1 Å². The highest BCUT2D eigenvalue weighted by Gasteiger charge is 2.22. The van der Waals surface area contributed by atoms with E-state index in [4.69, 9.17) is 11.6 Å². The van der Waals surface area contributed by atoms with Gasteiger partial charge in [-0.3, -0.25) is 9.10 Å². The summed E-state index contributed by atoms with van der Waals surface area (Å²) in [6.45, 7) is 3.77. The van der Waals surface area contributed by atoms with Gasteiger partial charge in [-0.25, -0.2) is 8.42 Å². The molecule has 0 aliphatic carbocycles. The molecule has 0 spiro atoms. The topological polar surface area (TPSA) is 69.7 Å². The highest BCUT2D eigenvalue weighted by molar-refractivity contribution is 7.92. The van der Waals surface area contributed by atoms with Gasteiger partial charge in [0, 0.05) is 13.6 Å². The van der Waals surface area contributed by atoms with Crippen molar-refractivity contribution < 1.29 is 13.2 Å². The molecule has 6 nitrogen and oxygen atoms in total. The Morgan fingerprint density at radius 2 is 1.83 bits per heavy atom. The zero-order chi connectivity index (χ0) is 20.9. The molecule has 2 aromatic carbocycles. The molecule has 2 aromatic rings. The monoisotopic (exact) mass is 435 g/mol. The lowest BCUT2D eigenvalue weighted by Gasteiger charge is -2.20. The number of nitrogens with zero attached hydrogens (tertiary/aromatic N) is 2. The van der Waals surface area contributed by atoms with Gasteiger partial charge >= 0.3 is 0 Å². The van der Waals surface area contributed by atoms with Gasteiger partial charge in [-0.1, -0.05) is 29.8 Å². The first-order valence-corrected chi connectivity index (χ1v) is 11.6. The summed E-state index contributed by atoms with van der Waals surface area (Å²) >= 11 is 6.21. The SMILES string of the molecule is CN(c1ccc(Cl)c(C(=O)NCCCN2CCCC2)c1)S(=O)(=O)c1ccccc1. The van der Waals surface area contributed by atoms with E-state index in [2.05, 4.69) is 10.2 Å². The summed E-state index contributed by atoms with van der Waals surface area (Å²) in [4.78, 5) is 15.2. The normalized spacial score (nSPS) is 14.7. The Balaban J connectivity index is 1.67. The lowest BCUT2D eigenvalue weighted by molar-refractivity contribution is 0.0952. The second-order valence-corrected chi connectivity index (χ2v) is 9.48. The highest BCUT2D eigenvalue weighted by atomic mass is 35.5. The van der Waals surface area contributed by atoms with E-state index in [1.54, 1.807) is 30.3 Å². The van der Waals surface area contributed by atoms with Gasteiger partial charge in [0.05, 0.1) is 21.2 Å². The van der Waals surface area contributed by atoms with Crippen molar-refractivity contribution in [2.45, 2.75) is 24.2 Å². The Kier molecular flexibility index (Phi) is 7.16. The molecule has 0 unspecified atom stereocenters. The number of likely N-dealkylation sites (tertiary alicyclic amines) is 1. The Morgan fingerprint density at radius 3 is 2.52 bits per heavy atom. The Bertz CT molecular complexity index is 945. The zero-order valence-corrected chi connectivity index (χ0v) is 18.0. The van der Waals surface area contributed by atoms with Crippen LogP contribution in [0.15, 0.2) is 53.4 Å². The third-order valence-electron chi connectivity index (χ3n) is 5.10. The highest BCUT2D eigenvalue weighted by Crippen LogP contribution is 2.26. The van der Waals surface area contributed by atoms with Crippen LogP contribution in [0.2, 0.25) is 5.02 Å². The smallest absolute Gasteiger partial charge is 0.264 e. The third kappa shape index (κ3) is 5.29. The van der Waals surface area contributed by atoms with Crippen molar-refractivity contribution in [1.82, 2.24) is 10.2 Å². The van der Waals surface area contributed by atoms with E-state index >= 15 is 0 Å². The maximum atomic E-state index is 12.8. The Hall–Kier alpha value is -2.09. The molecule has 1 aliphatic rings. The fraction of sp³-hybridized carbons (Fsp3) is 0.381. The first-order valence-electron chi connectivity index (χ1n) is 9.73. The van der Waals surface area contributed by atoms with E-state index < -0.39 is 10.0 Å². The number of amides is 1. The maximum absolute atomic E-state index is 12.8. The third-order valence-corrected chi connectivity index (χ3v) is 7.22. The van der Waals surface area contributed by atoms with E-state index in [9.17, 15) is 13.2 Å². The van der Waals surface area contributed by atoms with E-state index in [0.29, 0.717) is 12.2 Å². The second-order valence-electron chi connectivity index (χ2n) is 7.11. The summed E-state index contributed by atoms with van der Waals surface area (Å²) < 4.78 is 26.8. The first kappa shape index (κ1) is 21.6. The van der Waals surface area contributed by atoms with Crippen LogP contribution in [0.1, 0.15) is 29.6 Å². The molecule has 0 bridgehead atoms. The van der Waals surface area contributed by atoms with Crippen LogP contribution >= 0.6 is 11.6 Å². The van der Waals surface area contributed by atoms with E-state index in [0.717, 1.165) is 30.4 Å². The van der Waals surface area contributed by atoms with Crippen molar-refractivity contribution in [3.63, 3.8) is 0 Å². The number of nitrogens with one attached hydrogen (secondary N) is 1. The molecule has 0 radical (unpaired) electrons. The van der Waals surface area contributed by atoms with Gasteiger partial charge in [-0.05, 0) is 69.2 Å². The number of carbonyl (C=O) groups excluding carboxylic acids is 1. The minimum absolute atomic E-state index is 0.186. The number of rotatable bonds is 8. The lowest BCUT2D eigenvalue weighted by atomic mass is 10.2. The van der Waals surface area contributed by atoms with Crippen molar-refractivity contribution in [2.24, 2.45) is 0 Å². The molecule has 1 amide bonds. The molecule has 29 heavy (non-hydrogen) atoms. The first-order chi connectivity index (χ1) is 13.9. The number of hydrogen-bond acceptors (Lipinski definition) is 4. The molecule has 0 atom stereocenters. The fourth-order valence-corrected chi connectivity index (χ4v) is 4.79. The quantitative estimate of drug-likeness (QED) is 0.645. The van der Waals surface area contributed by atoms with Crippen molar-refractivity contribution in [2.75, 3.05) is 37.5 Å². The van der Waals surface area contributed by atoms with Crippen LogP contribution in [0.3, 0.4) is 0 Å².